The number of hydrogen-bond donors (Lipinski definition) is 2. The van der Waals surface area contributed by atoms with Crippen LogP contribution in [0.25, 0.3) is 0 Å². The van der Waals surface area contributed by atoms with Crippen molar-refractivity contribution in [2.24, 2.45) is 11.8 Å². The van der Waals surface area contributed by atoms with Crippen LogP contribution in [-0.4, -0.2) is 42.6 Å². The van der Waals surface area contributed by atoms with Gasteiger partial charge in [-0.3, -0.25) is 4.79 Å². The predicted molar refractivity (Wildman–Crippen MR) is 72.6 cm³/mol. The smallest absolute Gasteiger partial charge is 0.253 e. The quantitative estimate of drug-likeness (QED) is 0.434. The van der Waals surface area contributed by atoms with Crippen molar-refractivity contribution in [1.29, 1.82) is 0 Å². The fourth-order valence-electron chi connectivity index (χ4n) is 1.70. The van der Waals surface area contributed by atoms with Gasteiger partial charge >= 0.3 is 0 Å². The van der Waals surface area contributed by atoms with E-state index in [1.54, 1.807) is 30.3 Å². The van der Waals surface area contributed by atoms with Crippen LogP contribution in [0.2, 0.25) is 0 Å². The number of hydrazine groups is 1. The van der Waals surface area contributed by atoms with Gasteiger partial charge in [-0.25, -0.2) is 10.8 Å². The monoisotopic (exact) mass is 264 g/mol. The Morgan fingerprint density at radius 3 is 3.11 bits per heavy atom. The lowest BCUT2D eigenvalue weighted by molar-refractivity contribution is 0.0681. The van der Waals surface area contributed by atoms with E-state index in [-0.39, 0.29) is 5.91 Å². The molecule has 19 heavy (non-hydrogen) atoms. The highest BCUT2D eigenvalue weighted by molar-refractivity contribution is 5.94. The maximum Gasteiger partial charge on any atom is 0.253 e. The molecule has 104 valence electrons. The fourth-order valence-corrected chi connectivity index (χ4v) is 1.70. The first kappa shape index (κ1) is 13.8. The third kappa shape index (κ3) is 4.18. The van der Waals surface area contributed by atoms with Gasteiger partial charge < -0.3 is 15.1 Å². The molecule has 0 atom stereocenters. The van der Waals surface area contributed by atoms with Gasteiger partial charge in [0, 0.05) is 32.0 Å². The standard InChI is InChI=1S/C13H20N4O2/c1-17(6-7-19-9-10-2-3-10)13(18)11-4-5-15-12(8-11)16-14/h4-5,8,10H,2-3,6-7,9,14H2,1H3,(H,15,16). The van der Waals surface area contributed by atoms with Crippen LogP contribution < -0.4 is 11.3 Å². The maximum atomic E-state index is 12.1. The predicted octanol–water partition coefficient (Wildman–Crippen LogP) is 0.866. The SMILES string of the molecule is CN(CCOCC1CC1)C(=O)c1ccnc(NN)c1. The van der Waals surface area contributed by atoms with Gasteiger partial charge in [0.25, 0.3) is 5.91 Å². The second-order valence-electron chi connectivity index (χ2n) is 4.82. The van der Waals surface area contributed by atoms with Crippen molar-refractivity contribution in [3.8, 4) is 0 Å². The van der Waals surface area contributed by atoms with E-state index in [0.29, 0.717) is 24.5 Å². The van der Waals surface area contributed by atoms with E-state index in [9.17, 15) is 4.79 Å². The second-order valence-corrected chi connectivity index (χ2v) is 4.82. The third-order valence-electron chi connectivity index (χ3n) is 3.12. The van der Waals surface area contributed by atoms with Crippen LogP contribution in [0.1, 0.15) is 23.2 Å². The highest BCUT2D eigenvalue weighted by atomic mass is 16.5. The zero-order valence-electron chi connectivity index (χ0n) is 11.1. The summed E-state index contributed by atoms with van der Waals surface area (Å²) < 4.78 is 5.52. The molecule has 1 aromatic rings. The molecule has 1 heterocycles. The minimum atomic E-state index is -0.0612. The summed E-state index contributed by atoms with van der Waals surface area (Å²) in [7, 11) is 1.76. The Morgan fingerprint density at radius 2 is 2.42 bits per heavy atom. The highest BCUT2D eigenvalue weighted by Gasteiger charge is 2.21. The number of nitrogens with zero attached hydrogens (tertiary/aromatic N) is 2. The Labute approximate surface area is 112 Å². The Balaban J connectivity index is 1.79. The van der Waals surface area contributed by atoms with Crippen molar-refractivity contribution in [2.45, 2.75) is 12.8 Å². The lowest BCUT2D eigenvalue weighted by Crippen LogP contribution is -2.30. The summed E-state index contributed by atoms with van der Waals surface area (Å²) in [5.41, 5.74) is 2.99. The van der Waals surface area contributed by atoms with Crippen LogP contribution >= 0.6 is 0 Å². The molecule has 0 aromatic carbocycles. The number of carbonyl (C=O) groups excluding carboxylic acids is 1. The van der Waals surface area contributed by atoms with Gasteiger partial charge in [0.05, 0.1) is 6.61 Å². The van der Waals surface area contributed by atoms with Crippen LogP contribution in [-0.2, 0) is 4.74 Å². The number of likely N-dealkylation sites (N-methyl/N-ethyl adjacent to an activating group) is 1. The molecule has 0 saturated heterocycles. The summed E-state index contributed by atoms with van der Waals surface area (Å²) in [5, 5.41) is 0. The van der Waals surface area contributed by atoms with E-state index in [0.717, 1.165) is 12.5 Å². The van der Waals surface area contributed by atoms with Gasteiger partial charge in [-0.1, -0.05) is 0 Å². The number of anilines is 1. The Kier molecular flexibility index (Phi) is 4.70. The van der Waals surface area contributed by atoms with Crippen molar-refractivity contribution in [3.05, 3.63) is 23.9 Å². The molecule has 1 saturated carbocycles. The van der Waals surface area contributed by atoms with E-state index in [1.165, 1.54) is 12.8 Å². The van der Waals surface area contributed by atoms with Gasteiger partial charge in [0.2, 0.25) is 0 Å². The zero-order chi connectivity index (χ0) is 13.7. The molecule has 1 amide bonds. The summed E-state index contributed by atoms with van der Waals surface area (Å²) in [6, 6.07) is 3.30. The Hall–Kier alpha value is -1.66. The molecular formula is C13H20N4O2. The number of nitrogen functional groups attached to an aromatic ring is 1. The molecule has 0 bridgehead atoms. The summed E-state index contributed by atoms with van der Waals surface area (Å²) >= 11 is 0. The average molecular weight is 264 g/mol. The lowest BCUT2D eigenvalue weighted by Gasteiger charge is -2.17. The first-order chi connectivity index (χ1) is 9.20. The van der Waals surface area contributed by atoms with Gasteiger partial charge in [0.15, 0.2) is 0 Å². The van der Waals surface area contributed by atoms with Crippen LogP contribution in [0.5, 0.6) is 0 Å². The number of carbonyl (C=O) groups is 1. The first-order valence-electron chi connectivity index (χ1n) is 6.46. The topological polar surface area (TPSA) is 80.5 Å². The molecule has 6 nitrogen and oxygen atoms in total. The summed E-state index contributed by atoms with van der Waals surface area (Å²) in [6.07, 6.45) is 4.11. The summed E-state index contributed by atoms with van der Waals surface area (Å²) in [6.45, 7) is 1.98. The number of rotatable bonds is 7. The molecule has 0 aliphatic heterocycles. The minimum absolute atomic E-state index is 0.0612. The molecule has 2 rings (SSSR count). The number of nitrogens with one attached hydrogen (secondary N) is 1. The number of aromatic nitrogens is 1. The highest BCUT2D eigenvalue weighted by Crippen LogP contribution is 2.28. The van der Waals surface area contributed by atoms with Crippen LogP contribution in [0.4, 0.5) is 5.82 Å². The van der Waals surface area contributed by atoms with Crippen molar-refractivity contribution >= 4 is 11.7 Å². The normalized spacial score (nSPS) is 14.2. The van der Waals surface area contributed by atoms with Gasteiger partial charge in [-0.2, -0.15) is 0 Å². The van der Waals surface area contributed by atoms with Crippen molar-refractivity contribution in [3.63, 3.8) is 0 Å². The molecule has 3 N–H and O–H groups in total. The van der Waals surface area contributed by atoms with Crippen molar-refractivity contribution < 1.29 is 9.53 Å². The van der Waals surface area contributed by atoms with Gasteiger partial charge in [-0.15, -0.1) is 0 Å². The molecule has 0 unspecified atom stereocenters. The molecule has 0 spiro atoms. The summed E-state index contributed by atoms with van der Waals surface area (Å²) in [5.74, 6) is 6.43. The van der Waals surface area contributed by atoms with E-state index in [4.69, 9.17) is 10.6 Å². The first-order valence-corrected chi connectivity index (χ1v) is 6.46. The lowest BCUT2D eigenvalue weighted by atomic mass is 10.2. The number of ether oxygens (including phenoxy) is 1. The molecule has 1 fully saturated rings. The van der Waals surface area contributed by atoms with E-state index >= 15 is 0 Å². The maximum absolute atomic E-state index is 12.1. The Morgan fingerprint density at radius 1 is 1.63 bits per heavy atom. The molecule has 1 aliphatic rings. The number of hydrogen-bond acceptors (Lipinski definition) is 5. The van der Waals surface area contributed by atoms with Crippen molar-refractivity contribution in [2.75, 3.05) is 32.2 Å². The number of pyridine rings is 1. The molecule has 1 aliphatic carbocycles. The average Bonchev–Trinajstić information content (AvgIpc) is 3.26. The minimum Gasteiger partial charge on any atom is -0.379 e. The fraction of sp³-hybridized carbons (Fsp3) is 0.538. The van der Waals surface area contributed by atoms with Crippen molar-refractivity contribution in [1.82, 2.24) is 9.88 Å². The molecule has 1 aromatic heterocycles. The van der Waals surface area contributed by atoms with Gasteiger partial charge in [-0.05, 0) is 30.9 Å². The van der Waals surface area contributed by atoms with Crippen LogP contribution in [0.3, 0.4) is 0 Å². The van der Waals surface area contributed by atoms with E-state index in [2.05, 4.69) is 10.4 Å². The van der Waals surface area contributed by atoms with Crippen LogP contribution in [0, 0.1) is 5.92 Å². The molecular weight excluding hydrogens is 244 g/mol. The van der Waals surface area contributed by atoms with E-state index in [1.807, 2.05) is 0 Å². The van der Waals surface area contributed by atoms with Gasteiger partial charge in [0.1, 0.15) is 5.82 Å². The zero-order valence-corrected chi connectivity index (χ0v) is 11.1. The Bertz CT molecular complexity index is 434. The largest absolute Gasteiger partial charge is 0.379 e. The molecule has 6 heteroatoms. The summed E-state index contributed by atoms with van der Waals surface area (Å²) in [4.78, 5) is 17.7. The second kappa shape index (κ2) is 6.49. The molecule has 0 radical (unpaired) electrons. The number of amides is 1. The number of nitrogens with two attached hydrogens (primary N) is 1. The van der Waals surface area contributed by atoms with Crippen LogP contribution in [0.15, 0.2) is 18.3 Å². The third-order valence-corrected chi connectivity index (χ3v) is 3.12. The van der Waals surface area contributed by atoms with E-state index < -0.39 is 0 Å².